The van der Waals surface area contributed by atoms with Crippen LogP contribution in [0.25, 0.3) is 0 Å². The summed E-state index contributed by atoms with van der Waals surface area (Å²) in [7, 11) is 0. The fourth-order valence-corrected chi connectivity index (χ4v) is 2.69. The Hall–Kier alpha value is -0.610. The first kappa shape index (κ1) is 11.9. The maximum atomic E-state index is 12.3. The topological polar surface area (TPSA) is 58.4 Å². The number of rotatable bonds is 1. The van der Waals surface area contributed by atoms with Crippen molar-refractivity contribution in [2.75, 3.05) is 26.2 Å². The summed E-state index contributed by atoms with van der Waals surface area (Å²) in [6.45, 7) is 3.78. The quantitative estimate of drug-likeness (QED) is 0.676. The van der Waals surface area contributed by atoms with Crippen LogP contribution < -0.4 is 11.1 Å². The lowest BCUT2D eigenvalue weighted by Crippen LogP contribution is -2.41. The van der Waals surface area contributed by atoms with Gasteiger partial charge in [0.05, 0.1) is 0 Å². The second kappa shape index (κ2) is 5.64. The molecule has 4 heteroatoms. The van der Waals surface area contributed by atoms with Crippen LogP contribution in [0.15, 0.2) is 0 Å². The summed E-state index contributed by atoms with van der Waals surface area (Å²) in [5.41, 5.74) is 5.87. The highest BCUT2D eigenvalue weighted by Crippen LogP contribution is 2.25. The maximum Gasteiger partial charge on any atom is 0.225 e. The number of carbonyl (C=O) groups excluding carboxylic acids is 1. The molecule has 1 amide bonds. The highest BCUT2D eigenvalue weighted by molar-refractivity contribution is 5.79. The molecule has 0 spiro atoms. The summed E-state index contributed by atoms with van der Waals surface area (Å²) in [5.74, 6) is 0.619. The zero-order valence-corrected chi connectivity index (χ0v) is 9.95. The molecule has 0 aromatic carbocycles. The molecule has 0 radical (unpaired) electrons. The lowest BCUT2D eigenvalue weighted by Gasteiger charge is -2.30. The minimum atomic E-state index is 0.248. The van der Waals surface area contributed by atoms with E-state index in [1.54, 1.807) is 0 Å². The number of nitrogens with two attached hydrogens (primary N) is 1. The molecule has 3 N–H and O–H groups in total. The van der Waals surface area contributed by atoms with Crippen molar-refractivity contribution in [3.05, 3.63) is 0 Å². The fourth-order valence-electron chi connectivity index (χ4n) is 2.69. The highest BCUT2D eigenvalue weighted by Gasteiger charge is 2.28. The SMILES string of the molecule is NC1CCC(C(=O)N2CCCNCC2)CC1. The molecule has 0 unspecified atom stereocenters. The predicted octanol–water partition coefficient (Wildman–Crippen LogP) is 0.326. The third kappa shape index (κ3) is 2.95. The molecule has 0 aromatic rings. The van der Waals surface area contributed by atoms with Crippen LogP contribution >= 0.6 is 0 Å². The van der Waals surface area contributed by atoms with Gasteiger partial charge in [0.25, 0.3) is 0 Å². The molecule has 2 aliphatic rings. The Balaban J connectivity index is 1.85. The number of nitrogens with one attached hydrogen (secondary N) is 1. The van der Waals surface area contributed by atoms with Crippen LogP contribution in [0.4, 0.5) is 0 Å². The minimum absolute atomic E-state index is 0.248. The number of amides is 1. The summed E-state index contributed by atoms with van der Waals surface area (Å²) in [6.07, 6.45) is 5.09. The van der Waals surface area contributed by atoms with E-state index in [1.165, 1.54) is 0 Å². The molecule has 16 heavy (non-hydrogen) atoms. The van der Waals surface area contributed by atoms with Gasteiger partial charge in [0.15, 0.2) is 0 Å². The van der Waals surface area contributed by atoms with Crippen molar-refractivity contribution >= 4 is 5.91 Å². The van der Waals surface area contributed by atoms with Crippen molar-refractivity contribution in [2.24, 2.45) is 11.7 Å². The summed E-state index contributed by atoms with van der Waals surface area (Å²) in [6, 6.07) is 0.329. The van der Waals surface area contributed by atoms with Gasteiger partial charge in [-0.15, -0.1) is 0 Å². The molecule has 4 nitrogen and oxygen atoms in total. The molecule has 0 bridgehead atoms. The average Bonchev–Trinajstić information content (AvgIpc) is 2.57. The van der Waals surface area contributed by atoms with Gasteiger partial charge in [-0.25, -0.2) is 0 Å². The van der Waals surface area contributed by atoms with Crippen LogP contribution in [0.1, 0.15) is 32.1 Å². The number of hydrogen-bond acceptors (Lipinski definition) is 3. The van der Waals surface area contributed by atoms with E-state index in [4.69, 9.17) is 5.73 Å². The lowest BCUT2D eigenvalue weighted by molar-refractivity contribution is -0.136. The molecule has 1 aliphatic carbocycles. The molecule has 0 aromatic heterocycles. The normalized spacial score (nSPS) is 32.2. The van der Waals surface area contributed by atoms with Gasteiger partial charge < -0.3 is 16.0 Å². The Kier molecular flexibility index (Phi) is 4.18. The van der Waals surface area contributed by atoms with Crippen LogP contribution in [0.3, 0.4) is 0 Å². The van der Waals surface area contributed by atoms with E-state index >= 15 is 0 Å². The van der Waals surface area contributed by atoms with E-state index in [-0.39, 0.29) is 5.92 Å². The van der Waals surface area contributed by atoms with Gasteiger partial charge in [-0.05, 0) is 38.6 Å². The van der Waals surface area contributed by atoms with Gasteiger partial charge in [-0.1, -0.05) is 0 Å². The van der Waals surface area contributed by atoms with E-state index in [0.29, 0.717) is 11.9 Å². The lowest BCUT2D eigenvalue weighted by atomic mass is 9.85. The van der Waals surface area contributed by atoms with Crippen LogP contribution in [0.5, 0.6) is 0 Å². The molecule has 1 saturated heterocycles. The van der Waals surface area contributed by atoms with E-state index in [2.05, 4.69) is 5.32 Å². The number of hydrogen-bond donors (Lipinski definition) is 2. The Morgan fingerprint density at radius 3 is 2.62 bits per heavy atom. The average molecular weight is 225 g/mol. The molecular formula is C12H23N3O. The minimum Gasteiger partial charge on any atom is -0.341 e. The molecule has 1 aliphatic heterocycles. The van der Waals surface area contributed by atoms with E-state index in [9.17, 15) is 4.79 Å². The van der Waals surface area contributed by atoms with Gasteiger partial charge in [0, 0.05) is 31.6 Å². The smallest absolute Gasteiger partial charge is 0.225 e. The molecule has 92 valence electrons. The summed E-state index contributed by atoms with van der Waals surface area (Å²) in [5, 5.41) is 3.33. The van der Waals surface area contributed by atoms with Crippen LogP contribution in [0.2, 0.25) is 0 Å². The molecule has 2 rings (SSSR count). The van der Waals surface area contributed by atoms with Crippen molar-refractivity contribution < 1.29 is 4.79 Å². The van der Waals surface area contributed by atoms with Crippen molar-refractivity contribution in [3.8, 4) is 0 Å². The van der Waals surface area contributed by atoms with Gasteiger partial charge in [-0.3, -0.25) is 4.79 Å². The monoisotopic (exact) mass is 225 g/mol. The van der Waals surface area contributed by atoms with Crippen LogP contribution in [-0.4, -0.2) is 43.0 Å². The standard InChI is InChI=1S/C12H23N3O/c13-11-4-2-10(3-5-11)12(16)15-8-1-6-14-7-9-15/h10-11,14H,1-9,13H2. The Labute approximate surface area is 97.6 Å². The molecule has 2 fully saturated rings. The van der Waals surface area contributed by atoms with Crippen molar-refractivity contribution in [1.82, 2.24) is 10.2 Å². The number of carbonyl (C=O) groups is 1. The fraction of sp³-hybridized carbons (Fsp3) is 0.917. The zero-order chi connectivity index (χ0) is 11.4. The molecular weight excluding hydrogens is 202 g/mol. The largest absolute Gasteiger partial charge is 0.341 e. The van der Waals surface area contributed by atoms with Gasteiger partial charge in [-0.2, -0.15) is 0 Å². The van der Waals surface area contributed by atoms with Crippen LogP contribution in [-0.2, 0) is 4.79 Å². The van der Waals surface area contributed by atoms with Gasteiger partial charge in [0.1, 0.15) is 0 Å². The number of nitrogens with zero attached hydrogens (tertiary/aromatic N) is 1. The summed E-state index contributed by atoms with van der Waals surface area (Å²) >= 11 is 0. The molecule has 1 saturated carbocycles. The Morgan fingerprint density at radius 2 is 1.88 bits per heavy atom. The van der Waals surface area contributed by atoms with Gasteiger partial charge >= 0.3 is 0 Å². The van der Waals surface area contributed by atoms with Crippen molar-refractivity contribution in [2.45, 2.75) is 38.1 Å². The second-order valence-electron chi connectivity index (χ2n) is 5.04. The summed E-state index contributed by atoms with van der Waals surface area (Å²) in [4.78, 5) is 14.3. The summed E-state index contributed by atoms with van der Waals surface area (Å²) < 4.78 is 0. The zero-order valence-electron chi connectivity index (χ0n) is 9.95. The maximum absolute atomic E-state index is 12.3. The van der Waals surface area contributed by atoms with E-state index in [0.717, 1.165) is 58.3 Å². The predicted molar refractivity (Wildman–Crippen MR) is 64.0 cm³/mol. The molecule has 1 heterocycles. The van der Waals surface area contributed by atoms with Crippen LogP contribution in [0, 0.1) is 5.92 Å². The third-order valence-corrected chi connectivity index (χ3v) is 3.77. The van der Waals surface area contributed by atoms with Crippen molar-refractivity contribution in [3.63, 3.8) is 0 Å². The Morgan fingerprint density at radius 1 is 1.12 bits per heavy atom. The van der Waals surface area contributed by atoms with Crippen molar-refractivity contribution in [1.29, 1.82) is 0 Å². The van der Waals surface area contributed by atoms with E-state index in [1.807, 2.05) is 4.90 Å². The third-order valence-electron chi connectivity index (χ3n) is 3.77. The Bertz CT molecular complexity index is 228. The molecule has 0 atom stereocenters. The second-order valence-corrected chi connectivity index (χ2v) is 5.04. The first-order valence-electron chi connectivity index (χ1n) is 6.52. The first-order chi connectivity index (χ1) is 7.77. The van der Waals surface area contributed by atoms with E-state index < -0.39 is 0 Å². The highest BCUT2D eigenvalue weighted by atomic mass is 16.2. The first-order valence-corrected chi connectivity index (χ1v) is 6.52. The van der Waals surface area contributed by atoms with Gasteiger partial charge in [0.2, 0.25) is 5.91 Å².